The minimum absolute atomic E-state index is 0.103. The van der Waals surface area contributed by atoms with E-state index in [2.05, 4.69) is 0 Å². The van der Waals surface area contributed by atoms with Crippen molar-refractivity contribution in [3.8, 4) is 22.3 Å². The molecule has 0 heterocycles. The smallest absolute Gasteiger partial charge is 0.243 e. The summed E-state index contributed by atoms with van der Waals surface area (Å²) in [6.45, 7) is -0.207. The second-order valence-electron chi connectivity index (χ2n) is 6.98. The molecule has 0 aliphatic heterocycles. The lowest BCUT2D eigenvalue weighted by molar-refractivity contribution is 0.202. The average Bonchev–Trinajstić information content (AvgIpc) is 2.83. The molecule has 0 aliphatic rings. The van der Waals surface area contributed by atoms with Gasteiger partial charge in [-0.05, 0) is 33.4 Å². The number of hydrogen-bond donors (Lipinski definition) is 0. The van der Waals surface area contributed by atoms with Gasteiger partial charge in [-0.1, -0.05) is 109 Å². The number of benzene rings is 4. The van der Waals surface area contributed by atoms with Gasteiger partial charge in [0.25, 0.3) is 0 Å². The van der Waals surface area contributed by atoms with E-state index in [0.717, 1.165) is 33.4 Å². The van der Waals surface area contributed by atoms with Crippen molar-refractivity contribution in [1.29, 1.82) is 0 Å². The lowest BCUT2D eigenvalue weighted by Crippen LogP contribution is -2.11. The van der Waals surface area contributed by atoms with Crippen LogP contribution in [0.4, 0.5) is 0 Å². The Labute approximate surface area is 183 Å². The van der Waals surface area contributed by atoms with E-state index in [1.54, 1.807) is 0 Å². The maximum atomic E-state index is 12.4. The molecule has 0 saturated carbocycles. The Morgan fingerprint density at radius 3 is 1.26 bits per heavy atom. The van der Waals surface area contributed by atoms with Crippen molar-refractivity contribution in [1.82, 2.24) is 0 Å². The molecule has 5 heteroatoms. The van der Waals surface area contributed by atoms with Crippen LogP contribution in [0.2, 0.25) is 0 Å². The zero-order valence-electron chi connectivity index (χ0n) is 16.8. The minimum Gasteiger partial charge on any atom is -0.243 e. The first-order valence-electron chi connectivity index (χ1n) is 9.93. The zero-order valence-corrected chi connectivity index (χ0v) is 17.7. The molecule has 0 unspecified atom stereocenters. The molecule has 0 bridgehead atoms. The van der Waals surface area contributed by atoms with Crippen molar-refractivity contribution in [2.45, 2.75) is 13.2 Å². The Balaban J connectivity index is 1.46. The van der Waals surface area contributed by atoms with Gasteiger partial charge in [0.2, 0.25) is 0 Å². The molecule has 0 aliphatic carbocycles. The highest BCUT2D eigenvalue weighted by atomic mass is 32.3. The number of rotatable bonds is 8. The summed E-state index contributed by atoms with van der Waals surface area (Å²) in [4.78, 5) is 0. The van der Waals surface area contributed by atoms with Gasteiger partial charge in [-0.15, -0.1) is 0 Å². The molecule has 4 nitrogen and oxygen atoms in total. The molecule has 0 atom stereocenters. The topological polar surface area (TPSA) is 52.6 Å². The maximum Gasteiger partial charge on any atom is 0.400 e. The normalized spacial score (nSPS) is 11.4. The molecule has 0 amide bonds. The van der Waals surface area contributed by atoms with Crippen LogP contribution in [0.15, 0.2) is 109 Å². The Kier molecular flexibility index (Phi) is 6.57. The van der Waals surface area contributed by atoms with E-state index in [0.29, 0.717) is 0 Å². The Hall–Kier alpha value is -3.25. The molecule has 31 heavy (non-hydrogen) atoms. The van der Waals surface area contributed by atoms with Gasteiger partial charge >= 0.3 is 10.4 Å². The summed E-state index contributed by atoms with van der Waals surface area (Å²) in [5, 5.41) is 0. The molecule has 4 aromatic carbocycles. The van der Waals surface area contributed by atoms with Crippen LogP contribution >= 0.6 is 0 Å². The predicted molar refractivity (Wildman–Crippen MR) is 122 cm³/mol. The van der Waals surface area contributed by atoms with Crippen LogP contribution in [-0.4, -0.2) is 8.42 Å². The van der Waals surface area contributed by atoms with Crippen molar-refractivity contribution < 1.29 is 16.8 Å². The van der Waals surface area contributed by atoms with Crippen LogP contribution < -0.4 is 0 Å². The van der Waals surface area contributed by atoms with Crippen molar-refractivity contribution in [2.75, 3.05) is 0 Å². The first-order valence-corrected chi connectivity index (χ1v) is 11.3. The highest BCUT2D eigenvalue weighted by Crippen LogP contribution is 2.26. The van der Waals surface area contributed by atoms with E-state index >= 15 is 0 Å². The average molecular weight is 431 g/mol. The summed E-state index contributed by atoms with van der Waals surface area (Å²) in [5.74, 6) is 0. The molecule has 4 aromatic rings. The molecular formula is C26H22O4S. The molecule has 0 N–H and O–H groups in total. The molecular weight excluding hydrogens is 408 g/mol. The Bertz CT molecular complexity index is 1140. The quantitative estimate of drug-likeness (QED) is 0.344. The van der Waals surface area contributed by atoms with Crippen molar-refractivity contribution in [2.24, 2.45) is 0 Å². The van der Waals surface area contributed by atoms with Gasteiger partial charge in [0, 0.05) is 0 Å². The molecule has 156 valence electrons. The molecule has 0 aromatic heterocycles. The second-order valence-corrected chi connectivity index (χ2v) is 8.27. The molecule has 0 spiro atoms. The highest BCUT2D eigenvalue weighted by Gasteiger charge is 2.16. The SMILES string of the molecule is O=S(=O)(OCc1ccccc1-c1ccccc1)OCc1ccccc1-c1ccccc1. The fourth-order valence-electron chi connectivity index (χ4n) is 3.40. The standard InChI is InChI=1S/C26H22O4S/c27-31(28,29-19-23-15-7-9-17-25(23)21-11-3-1-4-12-21)30-20-24-16-8-10-18-26(24)22-13-5-2-6-14-22/h1-18H,19-20H2. The zero-order chi connectivity index (χ0) is 21.5. The van der Waals surface area contributed by atoms with Crippen molar-refractivity contribution in [3.05, 3.63) is 120 Å². The lowest BCUT2D eigenvalue weighted by Gasteiger charge is -2.12. The van der Waals surface area contributed by atoms with Gasteiger partial charge < -0.3 is 0 Å². The molecule has 0 fully saturated rings. The van der Waals surface area contributed by atoms with Gasteiger partial charge in [-0.25, -0.2) is 8.37 Å². The van der Waals surface area contributed by atoms with Gasteiger partial charge in [0.05, 0.1) is 13.2 Å². The van der Waals surface area contributed by atoms with Crippen LogP contribution in [0.1, 0.15) is 11.1 Å². The van der Waals surface area contributed by atoms with Gasteiger partial charge in [0.1, 0.15) is 0 Å². The second kappa shape index (κ2) is 9.71. The van der Waals surface area contributed by atoms with E-state index < -0.39 is 10.4 Å². The summed E-state index contributed by atoms with van der Waals surface area (Å²) in [5.41, 5.74) is 5.38. The third-order valence-electron chi connectivity index (χ3n) is 4.92. The first-order chi connectivity index (χ1) is 15.1. The van der Waals surface area contributed by atoms with Gasteiger partial charge in [-0.2, -0.15) is 8.42 Å². The summed E-state index contributed by atoms with van der Waals surface area (Å²) in [6.07, 6.45) is 0. The fourth-order valence-corrected chi connectivity index (χ4v) is 4.01. The summed E-state index contributed by atoms with van der Waals surface area (Å²) >= 11 is 0. The maximum absolute atomic E-state index is 12.4. The van der Waals surface area contributed by atoms with Gasteiger partial charge in [-0.3, -0.25) is 0 Å². The van der Waals surface area contributed by atoms with Gasteiger partial charge in [0.15, 0.2) is 0 Å². The molecule has 0 saturated heterocycles. The molecule has 4 rings (SSSR count). The third-order valence-corrected chi connectivity index (χ3v) is 5.73. The third kappa shape index (κ3) is 5.47. The molecule has 0 radical (unpaired) electrons. The van der Waals surface area contributed by atoms with E-state index in [1.165, 1.54) is 0 Å². The van der Waals surface area contributed by atoms with Crippen LogP contribution in [-0.2, 0) is 32.0 Å². The largest absolute Gasteiger partial charge is 0.400 e. The Morgan fingerprint density at radius 2 is 0.839 bits per heavy atom. The fraction of sp³-hybridized carbons (Fsp3) is 0.0769. The summed E-state index contributed by atoms with van der Waals surface area (Å²) in [7, 11) is -4.18. The van der Waals surface area contributed by atoms with E-state index in [1.807, 2.05) is 109 Å². The number of hydrogen-bond acceptors (Lipinski definition) is 4. The summed E-state index contributed by atoms with van der Waals surface area (Å²) < 4.78 is 35.2. The first kappa shape index (κ1) is 21.0. The van der Waals surface area contributed by atoms with Crippen LogP contribution in [0, 0.1) is 0 Å². The van der Waals surface area contributed by atoms with Crippen molar-refractivity contribution >= 4 is 10.4 Å². The highest BCUT2D eigenvalue weighted by molar-refractivity contribution is 7.81. The van der Waals surface area contributed by atoms with E-state index in [-0.39, 0.29) is 13.2 Å². The Morgan fingerprint density at radius 1 is 0.484 bits per heavy atom. The van der Waals surface area contributed by atoms with Crippen molar-refractivity contribution in [3.63, 3.8) is 0 Å². The monoisotopic (exact) mass is 430 g/mol. The lowest BCUT2D eigenvalue weighted by atomic mass is 10.0. The van der Waals surface area contributed by atoms with E-state index in [9.17, 15) is 8.42 Å². The summed E-state index contributed by atoms with van der Waals surface area (Å²) in [6, 6.07) is 34.7. The van der Waals surface area contributed by atoms with Crippen LogP contribution in [0.25, 0.3) is 22.3 Å². The minimum atomic E-state index is -4.18. The predicted octanol–water partition coefficient (Wildman–Crippen LogP) is 6.00. The van der Waals surface area contributed by atoms with Crippen LogP contribution in [0.5, 0.6) is 0 Å². The van der Waals surface area contributed by atoms with Crippen LogP contribution in [0.3, 0.4) is 0 Å². The van der Waals surface area contributed by atoms with E-state index in [4.69, 9.17) is 8.37 Å².